The zero-order valence-electron chi connectivity index (χ0n) is 27.2. The fourth-order valence-electron chi connectivity index (χ4n) is 11.8. The number of rotatable bonds is 6. The van der Waals surface area contributed by atoms with Crippen molar-refractivity contribution < 1.29 is 38.8 Å². The Morgan fingerprint density at radius 3 is 2.19 bits per heavy atom. The van der Waals surface area contributed by atoms with Crippen LogP contribution in [0, 0.1) is 58.2 Å². The van der Waals surface area contributed by atoms with Crippen LogP contribution in [0.5, 0.6) is 0 Å². The topological polar surface area (TPSA) is 119 Å². The molecule has 0 amide bonds. The maximum Gasteiger partial charge on any atom is 0.342 e. The molecule has 6 aliphatic rings. The quantitative estimate of drug-likeness (QED) is 0.361. The Hall–Kier alpha value is -1.67. The van der Waals surface area contributed by atoms with Gasteiger partial charge < -0.3 is 24.4 Å². The number of fused-ring (bicyclic) bond motifs is 8. The van der Waals surface area contributed by atoms with Gasteiger partial charge in [0, 0.05) is 11.8 Å². The first-order valence-electron chi connectivity index (χ1n) is 17.3. The Balaban J connectivity index is 1.32. The van der Waals surface area contributed by atoms with Crippen LogP contribution in [0.4, 0.5) is 0 Å². The largest absolute Gasteiger partial charge is 0.424 e. The third kappa shape index (κ3) is 4.38. The number of ether oxygens (including phenoxy) is 3. The van der Waals surface area contributed by atoms with E-state index in [4.69, 9.17) is 14.2 Å². The summed E-state index contributed by atoms with van der Waals surface area (Å²) in [6.07, 6.45) is 9.13. The zero-order chi connectivity index (χ0) is 31.2. The van der Waals surface area contributed by atoms with Crippen LogP contribution in [0.25, 0.3) is 0 Å². The molecule has 2 aliphatic heterocycles. The van der Waals surface area contributed by atoms with E-state index in [2.05, 4.69) is 34.6 Å². The van der Waals surface area contributed by atoms with E-state index in [1.807, 2.05) is 6.92 Å². The molecule has 0 aromatic heterocycles. The van der Waals surface area contributed by atoms with Crippen molar-refractivity contribution in [3.05, 3.63) is 0 Å². The summed E-state index contributed by atoms with van der Waals surface area (Å²) < 4.78 is 17.5. The second-order valence-corrected chi connectivity index (χ2v) is 16.3. The summed E-state index contributed by atoms with van der Waals surface area (Å²) in [4.78, 5) is 39.5. The summed E-state index contributed by atoms with van der Waals surface area (Å²) >= 11 is 0. The predicted octanol–water partition coefficient (Wildman–Crippen LogP) is 5.91. The fourth-order valence-corrected chi connectivity index (χ4v) is 11.8. The smallest absolute Gasteiger partial charge is 0.342 e. The van der Waals surface area contributed by atoms with Crippen LogP contribution in [0.3, 0.4) is 0 Å². The maximum atomic E-state index is 13.3. The van der Waals surface area contributed by atoms with E-state index in [1.54, 1.807) is 0 Å². The number of aliphatic hydroxyl groups is 2. The van der Waals surface area contributed by atoms with Crippen LogP contribution in [-0.2, 0) is 28.6 Å². The fraction of sp³-hybridized carbons (Fsp3) is 0.914. The lowest BCUT2D eigenvalue weighted by molar-refractivity contribution is -0.436. The molecule has 0 aromatic rings. The van der Waals surface area contributed by atoms with Crippen molar-refractivity contribution in [3.8, 4) is 0 Å². The monoisotopic (exact) mass is 602 g/mol. The Morgan fingerprint density at radius 1 is 0.814 bits per heavy atom. The lowest BCUT2D eigenvalue weighted by Gasteiger charge is -2.66. The van der Waals surface area contributed by atoms with Crippen LogP contribution in [0.1, 0.15) is 125 Å². The second-order valence-electron chi connectivity index (χ2n) is 16.3. The van der Waals surface area contributed by atoms with Crippen molar-refractivity contribution in [3.63, 3.8) is 0 Å². The van der Waals surface area contributed by atoms with Crippen LogP contribution in [0.15, 0.2) is 0 Å². The Morgan fingerprint density at radius 2 is 1.51 bits per heavy atom. The molecular formula is C35H54O8. The standard InChI is InChI=1S/C35H54O8/c1-7-22(20(2)3)9-8-21(4)25-12-13-26-24-11-10-23-14-17-34-35(40,32(23,6)27(24)15-16-31(25,26)5)42-29(37)19-33(39,30(38)43-34)18-28(36)41-34/h20-27,39-40H,7-19H2,1-6H3/t21-,22-,23?,24-,25-,26+,27+,31-,32+,33?,34?,35?/m1/s1. The van der Waals surface area contributed by atoms with Gasteiger partial charge in [0.1, 0.15) is 0 Å². The molecule has 242 valence electrons. The number of esters is 3. The molecule has 0 radical (unpaired) electrons. The highest BCUT2D eigenvalue weighted by Crippen LogP contribution is 2.72. The first kappa shape index (κ1) is 31.3. The minimum absolute atomic E-state index is 0.0118. The number of hydrogen-bond acceptors (Lipinski definition) is 8. The first-order valence-corrected chi connectivity index (χ1v) is 17.3. The predicted molar refractivity (Wildman–Crippen MR) is 158 cm³/mol. The van der Waals surface area contributed by atoms with Crippen molar-refractivity contribution >= 4 is 17.9 Å². The van der Waals surface area contributed by atoms with Gasteiger partial charge in [0.05, 0.1) is 12.8 Å². The van der Waals surface area contributed by atoms with Crippen molar-refractivity contribution in [2.45, 2.75) is 142 Å². The van der Waals surface area contributed by atoms with Gasteiger partial charge in [0.15, 0.2) is 5.60 Å². The molecule has 6 rings (SSSR count). The minimum atomic E-state index is -2.36. The molecule has 2 bridgehead atoms. The van der Waals surface area contributed by atoms with Gasteiger partial charge in [-0.05, 0) is 104 Å². The van der Waals surface area contributed by atoms with Gasteiger partial charge in [-0.1, -0.05) is 54.4 Å². The molecule has 2 saturated heterocycles. The van der Waals surface area contributed by atoms with Crippen molar-refractivity contribution in [1.82, 2.24) is 0 Å². The summed E-state index contributed by atoms with van der Waals surface area (Å²) in [6, 6.07) is 0. The summed E-state index contributed by atoms with van der Waals surface area (Å²) in [6.45, 7) is 14.0. The van der Waals surface area contributed by atoms with E-state index in [0.717, 1.165) is 38.0 Å². The van der Waals surface area contributed by atoms with Gasteiger partial charge in [-0.2, -0.15) is 0 Å². The molecule has 4 saturated carbocycles. The Kier molecular flexibility index (Phi) is 7.60. The lowest BCUT2D eigenvalue weighted by atomic mass is 9.42. The average molecular weight is 603 g/mol. The summed E-state index contributed by atoms with van der Waals surface area (Å²) in [5.74, 6) is -3.74. The number of carbonyl (C=O) groups is 3. The van der Waals surface area contributed by atoms with Crippen molar-refractivity contribution in [2.24, 2.45) is 58.2 Å². The average Bonchev–Trinajstić information content (AvgIpc) is 3.24. The molecule has 2 heterocycles. The van der Waals surface area contributed by atoms with E-state index < -0.39 is 53.3 Å². The summed E-state index contributed by atoms with van der Waals surface area (Å²) in [5.41, 5.74) is -3.13. The maximum absolute atomic E-state index is 13.3. The van der Waals surface area contributed by atoms with Gasteiger partial charge in [-0.3, -0.25) is 9.59 Å². The van der Waals surface area contributed by atoms with Crippen molar-refractivity contribution in [2.75, 3.05) is 0 Å². The van der Waals surface area contributed by atoms with Crippen LogP contribution < -0.4 is 0 Å². The van der Waals surface area contributed by atoms with Gasteiger partial charge >= 0.3 is 23.7 Å². The van der Waals surface area contributed by atoms with Gasteiger partial charge in [-0.15, -0.1) is 0 Å². The molecule has 6 fully saturated rings. The van der Waals surface area contributed by atoms with Gasteiger partial charge in [0.2, 0.25) is 0 Å². The SMILES string of the molecule is CC[C@H](CC[C@@H](C)[C@H]1CC[C@H]2[C@H]3CCC4CCC56OC(=O)CC(O)(CC(=O)OC5(O)[C@]4(C)[C@H]3CC[C@]12C)C(=O)O6)C(C)C. The molecule has 0 aromatic carbocycles. The van der Waals surface area contributed by atoms with Gasteiger partial charge in [-0.25, -0.2) is 4.79 Å². The Bertz CT molecular complexity index is 1150. The van der Waals surface area contributed by atoms with E-state index >= 15 is 0 Å². The highest BCUT2D eigenvalue weighted by molar-refractivity contribution is 5.92. The van der Waals surface area contributed by atoms with Crippen molar-refractivity contribution in [1.29, 1.82) is 0 Å². The number of carbonyl (C=O) groups excluding carboxylic acids is 3. The van der Waals surface area contributed by atoms with Gasteiger partial charge in [0.25, 0.3) is 5.79 Å². The van der Waals surface area contributed by atoms with Crippen LogP contribution in [0.2, 0.25) is 0 Å². The highest BCUT2D eigenvalue weighted by Gasteiger charge is 2.79. The van der Waals surface area contributed by atoms with E-state index in [9.17, 15) is 24.6 Å². The second kappa shape index (κ2) is 10.4. The van der Waals surface area contributed by atoms with E-state index in [0.29, 0.717) is 36.0 Å². The third-order valence-corrected chi connectivity index (χ3v) is 14.2. The van der Waals surface area contributed by atoms with Crippen LogP contribution in [-0.4, -0.2) is 45.3 Å². The van der Waals surface area contributed by atoms with Crippen LogP contribution >= 0.6 is 0 Å². The normalized spacial score (nSPS) is 48.8. The summed E-state index contributed by atoms with van der Waals surface area (Å²) in [7, 11) is 0. The Labute approximate surface area is 257 Å². The highest BCUT2D eigenvalue weighted by atomic mass is 16.8. The molecular weight excluding hydrogens is 548 g/mol. The molecule has 4 unspecified atom stereocenters. The molecule has 1 spiro atoms. The molecule has 8 nitrogen and oxygen atoms in total. The molecule has 4 aliphatic carbocycles. The zero-order valence-corrected chi connectivity index (χ0v) is 27.2. The number of hydrogen-bond donors (Lipinski definition) is 2. The van der Waals surface area contributed by atoms with E-state index in [1.165, 1.54) is 25.7 Å². The molecule has 12 atom stereocenters. The molecule has 8 heteroatoms. The molecule has 43 heavy (non-hydrogen) atoms. The van der Waals surface area contributed by atoms with E-state index in [-0.39, 0.29) is 23.7 Å². The minimum Gasteiger partial charge on any atom is -0.424 e. The molecule has 2 N–H and O–H groups in total. The summed E-state index contributed by atoms with van der Waals surface area (Å²) in [5, 5.41) is 23.7. The first-order chi connectivity index (χ1) is 20.1. The third-order valence-electron chi connectivity index (χ3n) is 14.2. The lowest BCUT2D eigenvalue weighted by Crippen LogP contribution is -2.76.